The van der Waals surface area contributed by atoms with E-state index in [0.29, 0.717) is 0 Å². The SMILES string of the molecule is CC(=O)C1CC2(C(=O)C1=O)c1ccccc1-c1ccccc12. The Balaban J connectivity index is 2.05. The van der Waals surface area contributed by atoms with Gasteiger partial charge in [-0.1, -0.05) is 48.5 Å². The van der Waals surface area contributed by atoms with Gasteiger partial charge in [0.2, 0.25) is 11.6 Å². The fraction of sp³-hybridized carbons (Fsp3) is 0.211. The molecule has 0 bridgehead atoms. The molecule has 0 amide bonds. The molecule has 2 aliphatic carbocycles. The van der Waals surface area contributed by atoms with Crippen LogP contribution in [0.25, 0.3) is 11.1 Å². The van der Waals surface area contributed by atoms with Crippen molar-refractivity contribution in [2.24, 2.45) is 5.92 Å². The summed E-state index contributed by atoms with van der Waals surface area (Å²) in [5.41, 5.74) is 2.73. The van der Waals surface area contributed by atoms with E-state index in [-0.39, 0.29) is 12.2 Å². The summed E-state index contributed by atoms with van der Waals surface area (Å²) in [4.78, 5) is 37.0. The summed E-state index contributed by atoms with van der Waals surface area (Å²) in [7, 11) is 0. The molecule has 1 saturated carbocycles. The summed E-state index contributed by atoms with van der Waals surface area (Å²) in [6.07, 6.45) is 0.258. The topological polar surface area (TPSA) is 51.2 Å². The minimum absolute atomic E-state index is 0.225. The van der Waals surface area contributed by atoms with Crippen LogP contribution in [0.4, 0.5) is 0 Å². The summed E-state index contributed by atoms with van der Waals surface area (Å²) in [6, 6.07) is 15.4. The standard InChI is InChI=1S/C19H14O3/c1-11(20)14-10-19(18(22)17(14)21)15-8-4-2-6-12(15)13-7-3-5-9-16(13)19/h2-9,14H,10H2,1H3. The number of benzene rings is 2. The van der Waals surface area contributed by atoms with Crippen molar-refractivity contribution in [3.8, 4) is 11.1 Å². The van der Waals surface area contributed by atoms with Crippen molar-refractivity contribution in [3.05, 3.63) is 59.7 Å². The second-order valence-corrected chi connectivity index (χ2v) is 6.06. The first-order chi connectivity index (χ1) is 10.6. The lowest BCUT2D eigenvalue weighted by molar-refractivity contribution is -0.139. The molecule has 1 spiro atoms. The molecule has 0 aliphatic heterocycles. The molecule has 4 rings (SSSR count). The second kappa shape index (κ2) is 4.23. The number of carbonyl (C=O) groups excluding carboxylic acids is 3. The summed E-state index contributed by atoms with van der Waals surface area (Å²) in [5, 5.41) is 0. The highest BCUT2D eigenvalue weighted by atomic mass is 16.2. The van der Waals surface area contributed by atoms with Gasteiger partial charge in [-0.15, -0.1) is 0 Å². The number of carbonyl (C=O) groups is 3. The second-order valence-electron chi connectivity index (χ2n) is 6.06. The molecule has 0 heterocycles. The molecule has 2 aromatic rings. The monoisotopic (exact) mass is 290 g/mol. The lowest BCUT2D eigenvalue weighted by Gasteiger charge is -2.24. The van der Waals surface area contributed by atoms with Crippen molar-refractivity contribution in [1.82, 2.24) is 0 Å². The van der Waals surface area contributed by atoms with E-state index < -0.39 is 22.9 Å². The predicted octanol–water partition coefficient (Wildman–Crippen LogP) is 2.70. The highest BCUT2D eigenvalue weighted by molar-refractivity contribution is 6.48. The predicted molar refractivity (Wildman–Crippen MR) is 81.5 cm³/mol. The Morgan fingerprint density at radius 2 is 1.45 bits per heavy atom. The number of fused-ring (bicyclic) bond motifs is 5. The van der Waals surface area contributed by atoms with Crippen LogP contribution in [0.3, 0.4) is 0 Å². The molecule has 0 N–H and O–H groups in total. The largest absolute Gasteiger partial charge is 0.299 e. The first-order valence-electron chi connectivity index (χ1n) is 7.36. The van der Waals surface area contributed by atoms with Gasteiger partial charge in [0.1, 0.15) is 5.78 Å². The van der Waals surface area contributed by atoms with Crippen LogP contribution in [0.5, 0.6) is 0 Å². The van der Waals surface area contributed by atoms with Gasteiger partial charge in [-0.3, -0.25) is 14.4 Å². The van der Waals surface area contributed by atoms with Crippen molar-refractivity contribution >= 4 is 17.3 Å². The van der Waals surface area contributed by atoms with Crippen LogP contribution in [0.2, 0.25) is 0 Å². The van der Waals surface area contributed by atoms with Gasteiger partial charge in [0, 0.05) is 0 Å². The zero-order valence-electron chi connectivity index (χ0n) is 12.1. The lowest BCUT2D eigenvalue weighted by Crippen LogP contribution is -2.32. The third-order valence-electron chi connectivity index (χ3n) is 4.99. The molecule has 2 aliphatic rings. The first-order valence-corrected chi connectivity index (χ1v) is 7.36. The molecular formula is C19H14O3. The van der Waals surface area contributed by atoms with E-state index in [4.69, 9.17) is 0 Å². The lowest BCUT2D eigenvalue weighted by atomic mass is 9.75. The van der Waals surface area contributed by atoms with Gasteiger partial charge in [0.05, 0.1) is 11.3 Å². The molecule has 108 valence electrons. The van der Waals surface area contributed by atoms with Crippen LogP contribution in [-0.4, -0.2) is 17.3 Å². The van der Waals surface area contributed by atoms with E-state index in [0.717, 1.165) is 22.3 Å². The molecule has 0 saturated heterocycles. The Morgan fingerprint density at radius 3 is 1.91 bits per heavy atom. The number of ketones is 3. The van der Waals surface area contributed by atoms with Gasteiger partial charge in [-0.05, 0) is 35.6 Å². The van der Waals surface area contributed by atoms with E-state index >= 15 is 0 Å². The van der Waals surface area contributed by atoms with Crippen LogP contribution in [-0.2, 0) is 19.8 Å². The Hall–Kier alpha value is -2.55. The van der Waals surface area contributed by atoms with Gasteiger partial charge >= 0.3 is 0 Å². The van der Waals surface area contributed by atoms with Gasteiger partial charge in [0.15, 0.2) is 0 Å². The molecule has 2 aromatic carbocycles. The van der Waals surface area contributed by atoms with Gasteiger partial charge in [-0.2, -0.15) is 0 Å². The molecule has 3 nitrogen and oxygen atoms in total. The van der Waals surface area contributed by atoms with Crippen LogP contribution in [0.15, 0.2) is 48.5 Å². The van der Waals surface area contributed by atoms with Crippen molar-refractivity contribution in [3.63, 3.8) is 0 Å². The minimum atomic E-state index is -0.972. The molecule has 1 fully saturated rings. The molecule has 3 heteroatoms. The maximum absolute atomic E-state index is 12.9. The molecule has 22 heavy (non-hydrogen) atoms. The van der Waals surface area contributed by atoms with E-state index in [1.54, 1.807) is 0 Å². The maximum Gasteiger partial charge on any atom is 0.214 e. The van der Waals surface area contributed by atoms with Crippen molar-refractivity contribution in [2.45, 2.75) is 18.8 Å². The zero-order chi connectivity index (χ0) is 15.5. The Kier molecular flexibility index (Phi) is 2.52. The first kappa shape index (κ1) is 13.1. The fourth-order valence-electron chi connectivity index (χ4n) is 3.98. The third kappa shape index (κ3) is 1.38. The van der Waals surface area contributed by atoms with Crippen LogP contribution in [0.1, 0.15) is 24.5 Å². The number of hydrogen-bond acceptors (Lipinski definition) is 3. The Labute approximate surface area is 128 Å². The normalized spacial score (nSPS) is 21.0. The van der Waals surface area contributed by atoms with Crippen molar-refractivity contribution in [2.75, 3.05) is 0 Å². The Bertz CT molecular complexity index is 802. The van der Waals surface area contributed by atoms with Crippen molar-refractivity contribution in [1.29, 1.82) is 0 Å². The van der Waals surface area contributed by atoms with Crippen LogP contribution >= 0.6 is 0 Å². The van der Waals surface area contributed by atoms with Crippen LogP contribution in [0, 0.1) is 5.92 Å². The highest BCUT2D eigenvalue weighted by Gasteiger charge is 2.59. The van der Waals surface area contributed by atoms with E-state index in [1.165, 1.54) is 6.92 Å². The zero-order valence-corrected chi connectivity index (χ0v) is 12.1. The average Bonchev–Trinajstić information content (AvgIpc) is 2.97. The van der Waals surface area contributed by atoms with Crippen molar-refractivity contribution < 1.29 is 14.4 Å². The van der Waals surface area contributed by atoms with Gasteiger partial charge in [-0.25, -0.2) is 0 Å². The quantitative estimate of drug-likeness (QED) is 0.599. The Morgan fingerprint density at radius 1 is 0.955 bits per heavy atom. The van der Waals surface area contributed by atoms with E-state index in [1.807, 2.05) is 48.5 Å². The van der Waals surface area contributed by atoms with E-state index in [2.05, 4.69) is 0 Å². The number of Topliss-reactive ketones (excluding diaryl/α,β-unsaturated/α-hetero) is 3. The summed E-state index contributed by atoms with van der Waals surface area (Å²) >= 11 is 0. The highest BCUT2D eigenvalue weighted by Crippen LogP contribution is 2.55. The van der Waals surface area contributed by atoms with Gasteiger partial charge in [0.25, 0.3) is 0 Å². The smallest absolute Gasteiger partial charge is 0.214 e. The molecule has 1 unspecified atom stereocenters. The molecular weight excluding hydrogens is 276 g/mol. The fourth-order valence-corrected chi connectivity index (χ4v) is 3.98. The summed E-state index contributed by atoms with van der Waals surface area (Å²) in [6.45, 7) is 1.39. The average molecular weight is 290 g/mol. The molecule has 1 atom stereocenters. The minimum Gasteiger partial charge on any atom is -0.299 e. The molecule has 0 radical (unpaired) electrons. The number of hydrogen-bond donors (Lipinski definition) is 0. The summed E-state index contributed by atoms with van der Waals surface area (Å²) in [5.74, 6) is -2.02. The third-order valence-corrected chi connectivity index (χ3v) is 4.99. The van der Waals surface area contributed by atoms with Crippen LogP contribution < -0.4 is 0 Å². The van der Waals surface area contributed by atoms with E-state index in [9.17, 15) is 14.4 Å². The maximum atomic E-state index is 12.9. The van der Waals surface area contributed by atoms with Gasteiger partial charge < -0.3 is 0 Å². The number of rotatable bonds is 1. The summed E-state index contributed by atoms with van der Waals surface area (Å²) < 4.78 is 0. The molecule has 0 aromatic heterocycles.